The second-order valence-electron chi connectivity index (χ2n) is 5.40. The maximum Gasteiger partial charge on any atom is 0.159 e. The summed E-state index contributed by atoms with van der Waals surface area (Å²) in [5.74, 6) is -0.140. The Kier molecular flexibility index (Phi) is 3.12. The summed E-state index contributed by atoms with van der Waals surface area (Å²) in [6.45, 7) is 5.17. The normalized spacial score (nSPS) is 42.6. The van der Waals surface area contributed by atoms with Gasteiger partial charge in [0.25, 0.3) is 0 Å². The van der Waals surface area contributed by atoms with Crippen molar-refractivity contribution in [3.05, 3.63) is 0 Å². The molecule has 2 fully saturated rings. The average molecular weight is 240 g/mol. The fraction of sp³-hybridized carbons (Fsp3) is 0.846. The first-order valence-corrected chi connectivity index (χ1v) is 6.16. The minimum Gasteiger partial charge on any atom is -0.373 e. The smallest absolute Gasteiger partial charge is 0.159 e. The van der Waals surface area contributed by atoms with Gasteiger partial charge in [0.15, 0.2) is 5.78 Å². The zero-order chi connectivity index (χ0) is 12.8. The van der Waals surface area contributed by atoms with Crippen LogP contribution in [0.5, 0.6) is 0 Å². The molecular formula is C13H20O4. The zero-order valence-corrected chi connectivity index (χ0v) is 10.9. The van der Waals surface area contributed by atoms with Gasteiger partial charge in [-0.15, -0.1) is 0 Å². The summed E-state index contributed by atoms with van der Waals surface area (Å²) in [7, 11) is 1.48. The molecule has 5 atom stereocenters. The van der Waals surface area contributed by atoms with Crippen LogP contribution in [0.3, 0.4) is 0 Å². The number of ketones is 2. The molecule has 2 aliphatic heterocycles. The van der Waals surface area contributed by atoms with Crippen molar-refractivity contribution in [1.82, 2.24) is 0 Å². The first-order valence-electron chi connectivity index (χ1n) is 6.16. The Bertz CT molecular complexity index is 351. The molecule has 1 unspecified atom stereocenters. The summed E-state index contributed by atoms with van der Waals surface area (Å²) in [5, 5.41) is 0. The molecule has 96 valence electrons. The number of ether oxygens (including phenoxy) is 2. The summed E-state index contributed by atoms with van der Waals surface area (Å²) in [6, 6.07) is 0. The first kappa shape index (κ1) is 12.7. The third kappa shape index (κ3) is 1.66. The van der Waals surface area contributed by atoms with E-state index in [0.717, 1.165) is 12.8 Å². The van der Waals surface area contributed by atoms with Crippen molar-refractivity contribution in [3.63, 3.8) is 0 Å². The summed E-state index contributed by atoms with van der Waals surface area (Å²) >= 11 is 0. The predicted octanol–water partition coefficient (Wildman–Crippen LogP) is 1.36. The van der Waals surface area contributed by atoms with Gasteiger partial charge in [0.1, 0.15) is 11.9 Å². The maximum atomic E-state index is 12.5. The van der Waals surface area contributed by atoms with E-state index in [2.05, 4.69) is 0 Å². The fourth-order valence-corrected chi connectivity index (χ4v) is 3.42. The van der Waals surface area contributed by atoms with Gasteiger partial charge in [0.2, 0.25) is 0 Å². The molecule has 0 amide bonds. The van der Waals surface area contributed by atoms with E-state index in [9.17, 15) is 9.59 Å². The van der Waals surface area contributed by atoms with Crippen LogP contribution in [-0.2, 0) is 19.1 Å². The molecule has 0 saturated carbocycles. The van der Waals surface area contributed by atoms with E-state index in [1.807, 2.05) is 13.8 Å². The molecule has 2 aliphatic rings. The lowest BCUT2D eigenvalue weighted by Gasteiger charge is -2.44. The number of methoxy groups -OCH3 is 1. The number of rotatable bonds is 3. The summed E-state index contributed by atoms with van der Waals surface area (Å²) < 4.78 is 11.1. The largest absolute Gasteiger partial charge is 0.373 e. The molecule has 0 aliphatic carbocycles. The van der Waals surface area contributed by atoms with Gasteiger partial charge >= 0.3 is 0 Å². The molecule has 2 rings (SSSR count). The molecule has 0 N–H and O–H groups in total. The topological polar surface area (TPSA) is 52.6 Å². The molecular weight excluding hydrogens is 220 g/mol. The molecule has 0 spiro atoms. The Hall–Kier alpha value is -0.740. The quantitative estimate of drug-likeness (QED) is 0.747. The van der Waals surface area contributed by atoms with Crippen molar-refractivity contribution >= 4 is 11.6 Å². The fourth-order valence-electron chi connectivity index (χ4n) is 3.42. The van der Waals surface area contributed by atoms with Crippen molar-refractivity contribution in [2.75, 3.05) is 7.11 Å². The van der Waals surface area contributed by atoms with E-state index in [-0.39, 0.29) is 29.7 Å². The Labute approximate surface area is 102 Å². The Balaban J connectivity index is 2.39. The van der Waals surface area contributed by atoms with Crippen molar-refractivity contribution in [2.45, 2.75) is 51.9 Å². The molecule has 2 saturated heterocycles. The van der Waals surface area contributed by atoms with Crippen LogP contribution >= 0.6 is 0 Å². The highest BCUT2D eigenvalue weighted by Gasteiger charge is 2.59. The van der Waals surface area contributed by atoms with Gasteiger partial charge in [0, 0.05) is 13.0 Å². The molecule has 4 heteroatoms. The van der Waals surface area contributed by atoms with Crippen LogP contribution in [-0.4, -0.2) is 37.0 Å². The van der Waals surface area contributed by atoms with Gasteiger partial charge in [0.05, 0.1) is 17.6 Å². The first-order chi connectivity index (χ1) is 7.92. The Morgan fingerprint density at radius 3 is 2.71 bits per heavy atom. The van der Waals surface area contributed by atoms with Gasteiger partial charge in [-0.3, -0.25) is 9.59 Å². The van der Waals surface area contributed by atoms with Crippen LogP contribution in [0, 0.1) is 11.3 Å². The monoisotopic (exact) mass is 240 g/mol. The van der Waals surface area contributed by atoms with E-state index in [1.165, 1.54) is 14.0 Å². The van der Waals surface area contributed by atoms with Crippen LogP contribution in [0.4, 0.5) is 0 Å². The maximum absolute atomic E-state index is 12.5. The van der Waals surface area contributed by atoms with Crippen LogP contribution in [0.2, 0.25) is 0 Å². The minimum absolute atomic E-state index is 0.0324. The molecule has 0 aromatic rings. The van der Waals surface area contributed by atoms with Crippen molar-refractivity contribution < 1.29 is 19.1 Å². The minimum atomic E-state index is -0.826. The van der Waals surface area contributed by atoms with Crippen LogP contribution in [0.15, 0.2) is 0 Å². The number of carbonyl (C=O) groups excluding carboxylic acids is 2. The van der Waals surface area contributed by atoms with E-state index in [1.54, 1.807) is 0 Å². The third-order valence-electron chi connectivity index (χ3n) is 4.37. The second kappa shape index (κ2) is 4.18. The molecule has 2 bridgehead atoms. The lowest BCUT2D eigenvalue weighted by atomic mass is 9.69. The highest BCUT2D eigenvalue weighted by Crippen LogP contribution is 2.47. The van der Waals surface area contributed by atoms with Crippen molar-refractivity contribution in [3.8, 4) is 0 Å². The van der Waals surface area contributed by atoms with Crippen LogP contribution < -0.4 is 0 Å². The molecule has 2 heterocycles. The number of hydrogen-bond donors (Lipinski definition) is 0. The second-order valence-corrected chi connectivity index (χ2v) is 5.40. The van der Waals surface area contributed by atoms with E-state index in [4.69, 9.17) is 9.47 Å². The molecule has 0 aromatic carbocycles. The Morgan fingerprint density at radius 2 is 2.18 bits per heavy atom. The molecule has 0 aromatic heterocycles. The number of fused-ring (bicyclic) bond motifs is 2. The average Bonchev–Trinajstić information content (AvgIpc) is 2.72. The molecule has 4 nitrogen and oxygen atoms in total. The summed E-state index contributed by atoms with van der Waals surface area (Å²) in [6.07, 6.45) is 0.905. The van der Waals surface area contributed by atoms with Gasteiger partial charge in [-0.25, -0.2) is 0 Å². The lowest BCUT2D eigenvalue weighted by molar-refractivity contribution is -0.180. The number of Topliss-reactive ketones (excluding diaryl/α,β-unsaturated/α-hetero) is 2. The highest BCUT2D eigenvalue weighted by molar-refractivity contribution is 5.95. The predicted molar refractivity (Wildman–Crippen MR) is 61.7 cm³/mol. The molecule has 0 radical (unpaired) electrons. The van der Waals surface area contributed by atoms with Gasteiger partial charge in [-0.1, -0.05) is 6.92 Å². The van der Waals surface area contributed by atoms with E-state index < -0.39 is 11.5 Å². The number of carbonyl (C=O) groups is 2. The van der Waals surface area contributed by atoms with Crippen LogP contribution in [0.1, 0.15) is 33.6 Å². The van der Waals surface area contributed by atoms with E-state index >= 15 is 0 Å². The lowest BCUT2D eigenvalue weighted by Crippen LogP contribution is -2.58. The summed E-state index contributed by atoms with van der Waals surface area (Å²) in [4.78, 5) is 24.2. The Morgan fingerprint density at radius 1 is 1.53 bits per heavy atom. The number of hydrogen-bond acceptors (Lipinski definition) is 4. The van der Waals surface area contributed by atoms with Crippen molar-refractivity contribution in [1.29, 1.82) is 0 Å². The van der Waals surface area contributed by atoms with Crippen LogP contribution in [0.25, 0.3) is 0 Å². The van der Waals surface area contributed by atoms with Crippen molar-refractivity contribution in [2.24, 2.45) is 11.3 Å². The SMILES string of the molecule is COC(C(C)=O)[C@]1(C)C(=O)[C@@H](C)[C@H]2CC[C@@H]1O2. The molecule has 17 heavy (non-hydrogen) atoms. The highest BCUT2D eigenvalue weighted by atomic mass is 16.5. The standard InChI is InChI=1S/C13H20O4/c1-7-9-5-6-10(17-9)13(3,11(7)15)12(16-4)8(2)14/h7,9-10,12H,5-6H2,1-4H3/t7-,9+,10-,12?,13-/m0/s1. The van der Waals surface area contributed by atoms with Gasteiger partial charge < -0.3 is 9.47 Å². The third-order valence-corrected chi connectivity index (χ3v) is 4.37. The summed E-state index contributed by atoms with van der Waals surface area (Å²) in [5.41, 5.74) is -0.826. The van der Waals surface area contributed by atoms with Gasteiger partial charge in [-0.05, 0) is 26.7 Å². The van der Waals surface area contributed by atoms with Gasteiger partial charge in [-0.2, -0.15) is 0 Å². The van der Waals surface area contributed by atoms with E-state index in [0.29, 0.717) is 0 Å². The zero-order valence-electron chi connectivity index (χ0n) is 10.9.